The van der Waals surface area contributed by atoms with E-state index < -0.39 is 0 Å². The molecule has 2 heterocycles. The van der Waals surface area contributed by atoms with E-state index in [1.165, 1.54) is 11.3 Å². The largest absolute Gasteiger partial charge is 0.272 e. The van der Waals surface area contributed by atoms with Gasteiger partial charge in [-0.15, -0.1) is 0 Å². The van der Waals surface area contributed by atoms with Crippen molar-refractivity contribution in [1.29, 1.82) is 0 Å². The van der Waals surface area contributed by atoms with Crippen molar-refractivity contribution < 1.29 is 4.79 Å². The van der Waals surface area contributed by atoms with Gasteiger partial charge in [-0.3, -0.25) is 4.79 Å². The lowest BCUT2D eigenvalue weighted by Gasteiger charge is -2.15. The molecule has 5 nitrogen and oxygen atoms in total. The van der Waals surface area contributed by atoms with Crippen LogP contribution in [0.3, 0.4) is 0 Å². The van der Waals surface area contributed by atoms with Crippen LogP contribution in [0, 0.1) is 11.8 Å². The number of anilines is 1. The molecule has 0 saturated carbocycles. The first-order chi connectivity index (χ1) is 7.61. The summed E-state index contributed by atoms with van der Waals surface area (Å²) >= 11 is 0. The molecule has 0 spiro atoms. The Labute approximate surface area is 94.2 Å². The summed E-state index contributed by atoms with van der Waals surface area (Å²) in [6, 6.07) is 1.68. The third kappa shape index (κ3) is 1.68. The zero-order chi connectivity index (χ0) is 11.7. The molecule has 0 radical (unpaired) electrons. The monoisotopic (exact) mass is 218 g/mol. The third-order valence-corrected chi connectivity index (χ3v) is 2.63. The van der Waals surface area contributed by atoms with E-state index in [0.29, 0.717) is 5.82 Å². The molecular formula is C11H14N4O. The molecule has 1 aliphatic heterocycles. The first-order valence-corrected chi connectivity index (χ1v) is 5.26. The van der Waals surface area contributed by atoms with Gasteiger partial charge >= 0.3 is 0 Å². The molecule has 1 aromatic rings. The van der Waals surface area contributed by atoms with Crippen molar-refractivity contribution in [3.63, 3.8) is 0 Å². The van der Waals surface area contributed by atoms with Crippen molar-refractivity contribution >= 4 is 17.4 Å². The summed E-state index contributed by atoms with van der Waals surface area (Å²) in [5, 5.41) is 5.62. The first-order valence-electron chi connectivity index (χ1n) is 5.26. The molecule has 0 aromatic carbocycles. The summed E-state index contributed by atoms with van der Waals surface area (Å²) in [6.45, 7) is 5.92. The van der Waals surface area contributed by atoms with E-state index in [4.69, 9.17) is 0 Å². The number of aromatic nitrogens is 2. The van der Waals surface area contributed by atoms with Gasteiger partial charge in [-0.1, -0.05) is 13.8 Å². The normalized spacial score (nSPS) is 20.5. The lowest BCUT2D eigenvalue weighted by Crippen LogP contribution is -2.30. The molecule has 1 aromatic heterocycles. The molecule has 1 amide bonds. The van der Waals surface area contributed by atoms with Crippen molar-refractivity contribution in [2.75, 3.05) is 5.01 Å². The standard InChI is InChI=1S/C11H14N4O/c1-7(2)10-8(3)14-15(11(10)16)9-4-5-12-6-13-9/h4-7,10H,1-3H3. The molecular weight excluding hydrogens is 204 g/mol. The average molecular weight is 218 g/mol. The molecule has 0 N–H and O–H groups in total. The summed E-state index contributed by atoms with van der Waals surface area (Å²) in [7, 11) is 0. The molecule has 5 heteroatoms. The van der Waals surface area contributed by atoms with Gasteiger partial charge in [-0.05, 0) is 12.8 Å². The maximum atomic E-state index is 12.1. The van der Waals surface area contributed by atoms with Gasteiger partial charge in [0, 0.05) is 18.0 Å². The van der Waals surface area contributed by atoms with Crippen LogP contribution in [-0.4, -0.2) is 21.6 Å². The van der Waals surface area contributed by atoms with Gasteiger partial charge in [0.05, 0.1) is 5.92 Å². The Kier molecular flexibility index (Phi) is 2.68. The van der Waals surface area contributed by atoms with Crippen LogP contribution in [-0.2, 0) is 4.79 Å². The van der Waals surface area contributed by atoms with Gasteiger partial charge in [0.1, 0.15) is 6.33 Å². The maximum absolute atomic E-state index is 12.1. The van der Waals surface area contributed by atoms with Gasteiger partial charge in [0.2, 0.25) is 0 Å². The van der Waals surface area contributed by atoms with Gasteiger partial charge in [-0.25, -0.2) is 9.97 Å². The Morgan fingerprint density at radius 3 is 2.69 bits per heavy atom. The Bertz CT molecular complexity index is 427. The number of hydrogen-bond donors (Lipinski definition) is 0. The summed E-state index contributed by atoms with van der Waals surface area (Å²) in [6.07, 6.45) is 3.01. The second-order valence-corrected chi connectivity index (χ2v) is 4.18. The zero-order valence-electron chi connectivity index (χ0n) is 9.58. The third-order valence-electron chi connectivity index (χ3n) is 2.63. The number of rotatable bonds is 2. The second kappa shape index (κ2) is 4.00. The van der Waals surface area contributed by atoms with Crippen LogP contribution in [0.2, 0.25) is 0 Å². The van der Waals surface area contributed by atoms with Gasteiger partial charge in [0.25, 0.3) is 5.91 Å². The van der Waals surface area contributed by atoms with Crippen LogP contribution in [0.5, 0.6) is 0 Å². The number of hydrogen-bond acceptors (Lipinski definition) is 4. The summed E-state index contributed by atoms with van der Waals surface area (Å²) in [4.78, 5) is 20.0. The van der Waals surface area contributed by atoms with Crippen LogP contribution in [0.1, 0.15) is 20.8 Å². The summed E-state index contributed by atoms with van der Waals surface area (Å²) < 4.78 is 0. The maximum Gasteiger partial charge on any atom is 0.257 e. The minimum absolute atomic E-state index is 0.00815. The van der Waals surface area contributed by atoms with Gasteiger partial charge in [0.15, 0.2) is 5.82 Å². The minimum Gasteiger partial charge on any atom is -0.272 e. The van der Waals surface area contributed by atoms with E-state index in [1.54, 1.807) is 12.3 Å². The molecule has 0 saturated heterocycles. The Balaban J connectivity index is 2.31. The molecule has 0 bridgehead atoms. The molecule has 1 aliphatic rings. The number of nitrogens with zero attached hydrogens (tertiary/aromatic N) is 4. The molecule has 0 fully saturated rings. The van der Waals surface area contributed by atoms with E-state index in [1.807, 2.05) is 20.8 Å². The molecule has 1 atom stereocenters. The highest BCUT2D eigenvalue weighted by Gasteiger charge is 2.36. The lowest BCUT2D eigenvalue weighted by atomic mass is 9.92. The fourth-order valence-corrected chi connectivity index (χ4v) is 1.92. The number of hydrazone groups is 1. The van der Waals surface area contributed by atoms with Crippen LogP contribution in [0.4, 0.5) is 5.82 Å². The lowest BCUT2D eigenvalue weighted by molar-refractivity contribution is -0.120. The molecule has 84 valence electrons. The SMILES string of the molecule is CC1=NN(c2ccncn2)C(=O)C1C(C)C. The van der Waals surface area contributed by atoms with Crippen molar-refractivity contribution in [3.05, 3.63) is 18.6 Å². The molecule has 0 aliphatic carbocycles. The number of amides is 1. The quantitative estimate of drug-likeness (QED) is 0.755. The van der Waals surface area contributed by atoms with E-state index >= 15 is 0 Å². The molecule has 16 heavy (non-hydrogen) atoms. The Morgan fingerprint density at radius 1 is 1.44 bits per heavy atom. The smallest absolute Gasteiger partial charge is 0.257 e. The topological polar surface area (TPSA) is 58.5 Å². The highest BCUT2D eigenvalue weighted by Crippen LogP contribution is 2.26. The molecule has 1 unspecified atom stereocenters. The Morgan fingerprint density at radius 2 is 2.19 bits per heavy atom. The fourth-order valence-electron chi connectivity index (χ4n) is 1.92. The van der Waals surface area contributed by atoms with E-state index in [-0.39, 0.29) is 17.7 Å². The molecule has 2 rings (SSSR count). The van der Waals surface area contributed by atoms with Crippen LogP contribution < -0.4 is 5.01 Å². The van der Waals surface area contributed by atoms with E-state index in [9.17, 15) is 4.79 Å². The highest BCUT2D eigenvalue weighted by molar-refractivity contribution is 6.14. The van der Waals surface area contributed by atoms with Crippen molar-refractivity contribution in [2.45, 2.75) is 20.8 Å². The second-order valence-electron chi connectivity index (χ2n) is 4.18. The van der Waals surface area contributed by atoms with Crippen molar-refractivity contribution in [1.82, 2.24) is 9.97 Å². The van der Waals surface area contributed by atoms with Crippen LogP contribution >= 0.6 is 0 Å². The van der Waals surface area contributed by atoms with Crippen LogP contribution in [0.25, 0.3) is 0 Å². The van der Waals surface area contributed by atoms with Gasteiger partial charge < -0.3 is 0 Å². The zero-order valence-corrected chi connectivity index (χ0v) is 9.58. The van der Waals surface area contributed by atoms with Gasteiger partial charge in [-0.2, -0.15) is 10.1 Å². The van der Waals surface area contributed by atoms with E-state index in [0.717, 1.165) is 5.71 Å². The predicted octanol–water partition coefficient (Wildman–Crippen LogP) is 1.47. The summed E-state index contributed by atoms with van der Waals surface area (Å²) in [5.74, 6) is 0.645. The van der Waals surface area contributed by atoms with E-state index in [2.05, 4.69) is 15.1 Å². The number of carbonyl (C=O) groups is 1. The number of carbonyl (C=O) groups excluding carboxylic acids is 1. The summed E-state index contributed by atoms with van der Waals surface area (Å²) in [5.41, 5.74) is 0.846. The first kappa shape index (κ1) is 10.7. The average Bonchev–Trinajstić information content (AvgIpc) is 2.55. The van der Waals surface area contributed by atoms with Crippen molar-refractivity contribution in [2.24, 2.45) is 16.9 Å². The van der Waals surface area contributed by atoms with Crippen LogP contribution in [0.15, 0.2) is 23.7 Å². The fraction of sp³-hybridized carbons (Fsp3) is 0.455. The highest BCUT2D eigenvalue weighted by atomic mass is 16.2. The minimum atomic E-state index is -0.130. The predicted molar refractivity (Wildman–Crippen MR) is 61.0 cm³/mol. The Hall–Kier alpha value is -1.78. The van der Waals surface area contributed by atoms with Crippen molar-refractivity contribution in [3.8, 4) is 0 Å².